The van der Waals surface area contributed by atoms with E-state index in [1.165, 1.54) is 22.4 Å². The van der Waals surface area contributed by atoms with Gasteiger partial charge >= 0.3 is 0 Å². The zero-order chi connectivity index (χ0) is 14.1. The molecule has 0 bridgehead atoms. The third kappa shape index (κ3) is 2.45. The van der Waals surface area contributed by atoms with Crippen molar-refractivity contribution >= 4 is 5.69 Å². The van der Waals surface area contributed by atoms with Crippen molar-refractivity contribution in [2.45, 2.75) is 39.2 Å². The van der Waals surface area contributed by atoms with Crippen molar-refractivity contribution in [1.29, 1.82) is 0 Å². The Morgan fingerprint density at radius 3 is 2.40 bits per heavy atom. The summed E-state index contributed by atoms with van der Waals surface area (Å²) in [6.45, 7) is 6.77. The van der Waals surface area contributed by atoms with Crippen LogP contribution >= 0.6 is 0 Å². The number of fused-ring (bicyclic) bond motifs is 1. The lowest BCUT2D eigenvalue weighted by molar-refractivity contribution is 0.460. The summed E-state index contributed by atoms with van der Waals surface area (Å²) in [7, 11) is 0. The van der Waals surface area contributed by atoms with Crippen molar-refractivity contribution in [3.8, 4) is 0 Å². The molecule has 2 aromatic carbocycles. The Balaban J connectivity index is 1.90. The van der Waals surface area contributed by atoms with E-state index in [1.54, 1.807) is 0 Å². The molecule has 1 nitrogen and oxygen atoms in total. The summed E-state index contributed by atoms with van der Waals surface area (Å²) >= 11 is 0. The lowest BCUT2D eigenvalue weighted by Crippen LogP contribution is -2.27. The third-order valence-corrected chi connectivity index (χ3v) is 4.41. The van der Waals surface area contributed by atoms with Crippen LogP contribution in [-0.2, 0) is 6.42 Å². The largest absolute Gasteiger partial charge is 0.381 e. The number of hydrogen-bond acceptors (Lipinski definition) is 1. The Hall–Kier alpha value is -1.76. The number of nitrogens with one attached hydrogen (secondary N) is 1. The summed E-state index contributed by atoms with van der Waals surface area (Å²) in [5.41, 5.74) is 5.57. The Bertz CT molecular complexity index is 583. The summed E-state index contributed by atoms with van der Waals surface area (Å²) < 4.78 is 0. The van der Waals surface area contributed by atoms with Crippen LogP contribution in [-0.4, -0.2) is 6.04 Å². The van der Waals surface area contributed by atoms with Crippen LogP contribution in [0.3, 0.4) is 0 Å². The minimum Gasteiger partial charge on any atom is -0.381 e. The molecule has 0 aromatic heterocycles. The average molecular weight is 265 g/mol. The van der Waals surface area contributed by atoms with E-state index in [2.05, 4.69) is 74.6 Å². The Morgan fingerprint density at radius 1 is 1.00 bits per heavy atom. The van der Waals surface area contributed by atoms with Crippen molar-refractivity contribution < 1.29 is 0 Å². The molecule has 1 aliphatic rings. The maximum absolute atomic E-state index is 3.72. The first-order valence-electron chi connectivity index (χ1n) is 7.56. The van der Waals surface area contributed by atoms with Gasteiger partial charge in [0.1, 0.15) is 0 Å². The summed E-state index contributed by atoms with van der Waals surface area (Å²) in [4.78, 5) is 0. The summed E-state index contributed by atoms with van der Waals surface area (Å²) in [5.74, 6) is 1.21. The first-order valence-corrected chi connectivity index (χ1v) is 7.56. The van der Waals surface area contributed by atoms with Gasteiger partial charge in [-0.2, -0.15) is 0 Å². The fraction of sp³-hybridized carbons (Fsp3) is 0.368. The molecule has 20 heavy (non-hydrogen) atoms. The number of hydrogen-bond donors (Lipinski definition) is 1. The molecule has 0 saturated heterocycles. The molecule has 1 N–H and O–H groups in total. The van der Waals surface area contributed by atoms with Gasteiger partial charge in [-0.25, -0.2) is 0 Å². The molecular formula is C19H23N. The molecule has 0 fully saturated rings. The molecular weight excluding hydrogens is 242 g/mol. The van der Waals surface area contributed by atoms with Crippen molar-refractivity contribution in [3.05, 3.63) is 65.2 Å². The Morgan fingerprint density at radius 2 is 1.70 bits per heavy atom. The van der Waals surface area contributed by atoms with Gasteiger partial charge in [-0.05, 0) is 36.5 Å². The first kappa shape index (κ1) is 13.2. The predicted octanol–water partition coefficient (Wildman–Crippen LogP) is 4.77. The van der Waals surface area contributed by atoms with E-state index >= 15 is 0 Å². The minimum atomic E-state index is 0.536. The second-order valence-corrected chi connectivity index (χ2v) is 6.30. The van der Waals surface area contributed by atoms with Crippen LogP contribution in [0.2, 0.25) is 0 Å². The molecule has 3 rings (SSSR count). The van der Waals surface area contributed by atoms with Crippen molar-refractivity contribution in [3.63, 3.8) is 0 Å². The topological polar surface area (TPSA) is 12.0 Å². The van der Waals surface area contributed by atoms with Crippen LogP contribution in [0.4, 0.5) is 5.69 Å². The number of rotatable bonds is 3. The van der Waals surface area contributed by atoms with Crippen LogP contribution in [0.5, 0.6) is 0 Å². The zero-order valence-electron chi connectivity index (χ0n) is 12.6. The van der Waals surface area contributed by atoms with E-state index in [-0.39, 0.29) is 0 Å². The highest BCUT2D eigenvalue weighted by Gasteiger charge is 2.33. The van der Waals surface area contributed by atoms with Crippen LogP contribution in [0, 0.1) is 12.8 Å². The SMILES string of the molecule is Cc1ccc(CC2c3ccccc3NC2C(C)C)cc1. The van der Waals surface area contributed by atoms with Gasteiger partial charge in [-0.3, -0.25) is 0 Å². The van der Waals surface area contributed by atoms with Gasteiger partial charge in [0.2, 0.25) is 0 Å². The van der Waals surface area contributed by atoms with Crippen LogP contribution < -0.4 is 5.32 Å². The fourth-order valence-corrected chi connectivity index (χ4v) is 3.27. The summed E-state index contributed by atoms with van der Waals surface area (Å²) in [6.07, 6.45) is 1.12. The third-order valence-electron chi connectivity index (χ3n) is 4.41. The lowest BCUT2D eigenvalue weighted by Gasteiger charge is -2.24. The maximum atomic E-state index is 3.72. The molecule has 2 atom stereocenters. The number of aryl methyl sites for hydroxylation is 1. The highest BCUT2D eigenvalue weighted by Crippen LogP contribution is 2.40. The van der Waals surface area contributed by atoms with E-state index in [4.69, 9.17) is 0 Å². The molecule has 1 aliphatic heterocycles. The summed E-state index contributed by atoms with van der Waals surface area (Å²) in [6, 6.07) is 18.3. The Kier molecular flexibility index (Phi) is 3.52. The maximum Gasteiger partial charge on any atom is 0.0378 e. The molecule has 1 heteroatoms. The second kappa shape index (κ2) is 5.32. The molecule has 0 aliphatic carbocycles. The number of para-hydroxylation sites is 1. The van der Waals surface area contributed by atoms with Gasteiger partial charge in [0.15, 0.2) is 0 Å². The monoisotopic (exact) mass is 265 g/mol. The van der Waals surface area contributed by atoms with Gasteiger partial charge in [-0.15, -0.1) is 0 Å². The molecule has 0 saturated carbocycles. The van der Waals surface area contributed by atoms with Crippen LogP contribution in [0.15, 0.2) is 48.5 Å². The van der Waals surface area contributed by atoms with E-state index in [0.717, 1.165) is 6.42 Å². The van der Waals surface area contributed by atoms with Gasteiger partial charge in [-0.1, -0.05) is 61.9 Å². The molecule has 104 valence electrons. The van der Waals surface area contributed by atoms with Crippen LogP contribution in [0.1, 0.15) is 36.5 Å². The average Bonchev–Trinajstić information content (AvgIpc) is 2.81. The van der Waals surface area contributed by atoms with Gasteiger partial charge in [0.05, 0.1) is 0 Å². The smallest absolute Gasteiger partial charge is 0.0378 e. The van der Waals surface area contributed by atoms with Gasteiger partial charge in [0.25, 0.3) is 0 Å². The molecule has 0 spiro atoms. The molecule has 2 aromatic rings. The van der Waals surface area contributed by atoms with E-state index < -0.39 is 0 Å². The number of anilines is 1. The zero-order valence-corrected chi connectivity index (χ0v) is 12.6. The summed E-state index contributed by atoms with van der Waals surface area (Å²) in [5, 5.41) is 3.72. The first-order chi connectivity index (χ1) is 9.65. The lowest BCUT2D eigenvalue weighted by atomic mass is 9.84. The molecule has 1 heterocycles. The molecule has 0 amide bonds. The van der Waals surface area contributed by atoms with Crippen molar-refractivity contribution in [1.82, 2.24) is 0 Å². The highest BCUT2D eigenvalue weighted by molar-refractivity contribution is 5.59. The highest BCUT2D eigenvalue weighted by atomic mass is 15.0. The standard InChI is InChI=1S/C19H23N/c1-13(2)19-17(12-15-10-8-14(3)9-11-15)16-6-4-5-7-18(16)20-19/h4-11,13,17,19-20H,12H2,1-3H3. The van der Waals surface area contributed by atoms with Gasteiger partial charge < -0.3 is 5.32 Å². The minimum absolute atomic E-state index is 0.536. The quantitative estimate of drug-likeness (QED) is 0.842. The molecule has 2 unspecified atom stereocenters. The van der Waals surface area contributed by atoms with Crippen LogP contribution in [0.25, 0.3) is 0 Å². The second-order valence-electron chi connectivity index (χ2n) is 6.30. The van der Waals surface area contributed by atoms with E-state index in [1.807, 2.05) is 0 Å². The van der Waals surface area contributed by atoms with E-state index in [0.29, 0.717) is 17.9 Å². The van der Waals surface area contributed by atoms with Gasteiger partial charge in [0, 0.05) is 17.6 Å². The molecule has 0 radical (unpaired) electrons. The Labute approximate surface area is 122 Å². The van der Waals surface area contributed by atoms with Crippen molar-refractivity contribution in [2.24, 2.45) is 5.92 Å². The van der Waals surface area contributed by atoms with Crippen molar-refractivity contribution in [2.75, 3.05) is 5.32 Å². The normalized spacial score (nSPS) is 20.8. The fourth-order valence-electron chi connectivity index (χ4n) is 3.27. The number of benzene rings is 2. The predicted molar refractivity (Wildman–Crippen MR) is 86.3 cm³/mol. The van der Waals surface area contributed by atoms with E-state index in [9.17, 15) is 0 Å².